The van der Waals surface area contributed by atoms with Gasteiger partial charge < -0.3 is 5.11 Å². The number of aliphatic hydroxyl groups is 1. The van der Waals surface area contributed by atoms with Crippen LogP contribution in [-0.2, 0) is 4.79 Å². The molecule has 23 heavy (non-hydrogen) atoms. The normalized spacial score (nSPS) is 55.5. The maximum absolute atomic E-state index is 12.4. The maximum atomic E-state index is 12.4. The predicted molar refractivity (Wildman–Crippen MR) is 90.5 cm³/mol. The van der Waals surface area contributed by atoms with Crippen LogP contribution in [-0.4, -0.2) is 16.5 Å². The van der Waals surface area contributed by atoms with Crippen molar-refractivity contribution >= 4 is 5.78 Å². The SMILES string of the molecule is C#C[C@]1(O)CC[C@@]2(C)[C@@H](CC[C@H]3[C@H]4CCC(=O)[C@]4(C)CC[C@@H]32)C1. The van der Waals surface area contributed by atoms with Crippen molar-refractivity contribution in [3.8, 4) is 12.3 Å². The van der Waals surface area contributed by atoms with Gasteiger partial charge in [-0.2, -0.15) is 0 Å². The van der Waals surface area contributed by atoms with Gasteiger partial charge in [0.25, 0.3) is 0 Å². The summed E-state index contributed by atoms with van der Waals surface area (Å²) in [5.41, 5.74) is -0.582. The maximum Gasteiger partial charge on any atom is 0.139 e. The van der Waals surface area contributed by atoms with Crippen LogP contribution < -0.4 is 0 Å². The van der Waals surface area contributed by atoms with Crippen LogP contribution in [0.2, 0.25) is 0 Å². The highest BCUT2D eigenvalue weighted by Gasteiger charge is 2.61. The number of terminal acetylenes is 1. The Labute approximate surface area is 140 Å². The average molecular weight is 314 g/mol. The molecule has 126 valence electrons. The van der Waals surface area contributed by atoms with Gasteiger partial charge in [0.15, 0.2) is 0 Å². The Balaban J connectivity index is 1.62. The quantitative estimate of drug-likeness (QED) is 0.687. The van der Waals surface area contributed by atoms with Gasteiger partial charge >= 0.3 is 0 Å². The van der Waals surface area contributed by atoms with Gasteiger partial charge in [0.1, 0.15) is 11.4 Å². The number of carbonyl (C=O) groups excluding carboxylic acids is 1. The lowest BCUT2D eigenvalue weighted by atomic mass is 9.44. The van der Waals surface area contributed by atoms with E-state index in [-0.39, 0.29) is 5.41 Å². The van der Waals surface area contributed by atoms with Crippen LogP contribution in [0.25, 0.3) is 0 Å². The summed E-state index contributed by atoms with van der Waals surface area (Å²) in [5, 5.41) is 10.6. The summed E-state index contributed by atoms with van der Waals surface area (Å²) in [5.74, 6) is 5.81. The number of hydrogen-bond acceptors (Lipinski definition) is 2. The van der Waals surface area contributed by atoms with E-state index in [0.29, 0.717) is 23.0 Å². The second kappa shape index (κ2) is 4.85. The Morgan fingerprint density at radius 1 is 1.09 bits per heavy atom. The first kappa shape index (κ1) is 15.7. The Morgan fingerprint density at radius 2 is 1.87 bits per heavy atom. The van der Waals surface area contributed by atoms with Crippen molar-refractivity contribution in [3.05, 3.63) is 0 Å². The van der Waals surface area contributed by atoms with Crippen LogP contribution in [0.5, 0.6) is 0 Å². The summed E-state index contributed by atoms with van der Waals surface area (Å²) in [6, 6.07) is 0. The molecule has 0 bridgehead atoms. The first-order valence-electron chi connectivity index (χ1n) is 9.56. The van der Waals surface area contributed by atoms with Crippen molar-refractivity contribution in [1.82, 2.24) is 0 Å². The van der Waals surface area contributed by atoms with Crippen molar-refractivity contribution in [2.45, 2.75) is 77.2 Å². The van der Waals surface area contributed by atoms with E-state index >= 15 is 0 Å². The van der Waals surface area contributed by atoms with E-state index in [4.69, 9.17) is 6.42 Å². The Hall–Kier alpha value is -0.810. The fourth-order valence-corrected chi connectivity index (χ4v) is 7.15. The summed E-state index contributed by atoms with van der Waals surface area (Å²) in [7, 11) is 0. The zero-order valence-corrected chi connectivity index (χ0v) is 14.6. The molecule has 0 spiro atoms. The number of Topliss-reactive ketones (excluding diaryl/α,β-unsaturated/α-hetero) is 1. The minimum absolute atomic E-state index is 0.0292. The minimum atomic E-state index is -0.872. The highest BCUT2D eigenvalue weighted by atomic mass is 16.3. The summed E-state index contributed by atoms with van der Waals surface area (Å²) in [4.78, 5) is 12.4. The highest BCUT2D eigenvalue weighted by molar-refractivity contribution is 5.87. The number of rotatable bonds is 0. The van der Waals surface area contributed by atoms with E-state index in [1.807, 2.05) is 0 Å². The third kappa shape index (κ3) is 2.02. The molecule has 4 rings (SSSR count). The molecule has 0 radical (unpaired) electrons. The van der Waals surface area contributed by atoms with Crippen molar-refractivity contribution in [1.29, 1.82) is 0 Å². The van der Waals surface area contributed by atoms with Crippen molar-refractivity contribution in [2.24, 2.45) is 34.5 Å². The van der Waals surface area contributed by atoms with Crippen LogP contribution >= 0.6 is 0 Å². The molecule has 0 saturated heterocycles. The third-order valence-corrected chi connectivity index (χ3v) is 8.70. The second-order valence-electron chi connectivity index (χ2n) is 9.45. The largest absolute Gasteiger partial charge is 0.378 e. The van der Waals surface area contributed by atoms with E-state index in [9.17, 15) is 9.90 Å². The number of ketones is 1. The molecule has 0 aromatic carbocycles. The molecule has 0 heterocycles. The van der Waals surface area contributed by atoms with Gasteiger partial charge in [0, 0.05) is 11.8 Å². The van der Waals surface area contributed by atoms with E-state index < -0.39 is 5.60 Å². The molecule has 0 aliphatic heterocycles. The fourth-order valence-electron chi connectivity index (χ4n) is 7.15. The van der Waals surface area contributed by atoms with Crippen LogP contribution in [0.3, 0.4) is 0 Å². The molecule has 1 N–H and O–H groups in total. The van der Waals surface area contributed by atoms with E-state index in [1.54, 1.807) is 0 Å². The van der Waals surface area contributed by atoms with E-state index in [0.717, 1.165) is 50.4 Å². The lowest BCUT2D eigenvalue weighted by Crippen LogP contribution is -2.55. The number of carbonyl (C=O) groups is 1. The molecule has 7 atom stereocenters. The average Bonchev–Trinajstić information content (AvgIpc) is 2.84. The van der Waals surface area contributed by atoms with Gasteiger partial charge in [-0.15, -0.1) is 6.42 Å². The van der Waals surface area contributed by atoms with Gasteiger partial charge in [-0.25, -0.2) is 0 Å². The molecule has 0 unspecified atom stereocenters. The molecule has 4 saturated carbocycles. The molecule has 4 aliphatic rings. The summed E-state index contributed by atoms with van der Waals surface area (Å²) in [6.07, 6.45) is 14.8. The molecule has 4 aliphatic carbocycles. The Kier molecular flexibility index (Phi) is 3.31. The molecular weight excluding hydrogens is 284 g/mol. The summed E-state index contributed by atoms with van der Waals surface area (Å²) < 4.78 is 0. The van der Waals surface area contributed by atoms with Crippen LogP contribution in [0.15, 0.2) is 0 Å². The fraction of sp³-hybridized carbons (Fsp3) is 0.857. The molecule has 2 heteroatoms. The first-order chi connectivity index (χ1) is 10.8. The molecule has 0 aromatic rings. The van der Waals surface area contributed by atoms with Gasteiger partial charge in [-0.3, -0.25) is 4.79 Å². The van der Waals surface area contributed by atoms with Gasteiger partial charge in [0.05, 0.1) is 0 Å². The van der Waals surface area contributed by atoms with Crippen LogP contribution in [0, 0.1) is 46.8 Å². The zero-order valence-electron chi connectivity index (χ0n) is 14.6. The first-order valence-corrected chi connectivity index (χ1v) is 9.56. The molecule has 4 fully saturated rings. The monoisotopic (exact) mass is 314 g/mol. The standard InChI is InChI=1S/C21H30O2/c1-4-21(23)12-11-19(2)14(13-21)5-6-15-16-7-8-18(22)20(16,3)10-9-17(15)19/h1,14-17,23H,5-13H2,2-3H3/t14-,15-,16+,17-,19-,20+,21-/m0/s1. The number of hydrogen-bond donors (Lipinski definition) is 1. The Bertz CT molecular complexity index is 575. The lowest BCUT2D eigenvalue weighted by Gasteiger charge is -2.60. The van der Waals surface area contributed by atoms with Gasteiger partial charge in [-0.1, -0.05) is 19.8 Å². The molecular formula is C21H30O2. The summed E-state index contributed by atoms with van der Waals surface area (Å²) >= 11 is 0. The highest BCUT2D eigenvalue weighted by Crippen LogP contribution is 2.66. The van der Waals surface area contributed by atoms with E-state index in [1.165, 1.54) is 19.3 Å². The zero-order chi connectivity index (χ0) is 16.5. The second-order valence-corrected chi connectivity index (χ2v) is 9.45. The summed E-state index contributed by atoms with van der Waals surface area (Å²) in [6.45, 7) is 4.71. The minimum Gasteiger partial charge on any atom is -0.378 e. The lowest BCUT2D eigenvalue weighted by molar-refractivity contribution is -0.146. The predicted octanol–water partition coefficient (Wildman–Crippen LogP) is 3.96. The molecule has 0 amide bonds. The molecule has 0 aromatic heterocycles. The smallest absolute Gasteiger partial charge is 0.139 e. The van der Waals surface area contributed by atoms with E-state index in [2.05, 4.69) is 19.8 Å². The van der Waals surface area contributed by atoms with Crippen LogP contribution in [0.4, 0.5) is 0 Å². The topological polar surface area (TPSA) is 37.3 Å². The van der Waals surface area contributed by atoms with Crippen molar-refractivity contribution in [3.63, 3.8) is 0 Å². The van der Waals surface area contributed by atoms with Gasteiger partial charge in [0.2, 0.25) is 0 Å². The van der Waals surface area contributed by atoms with Crippen LogP contribution in [0.1, 0.15) is 71.6 Å². The third-order valence-electron chi connectivity index (χ3n) is 8.70. The van der Waals surface area contributed by atoms with Crippen molar-refractivity contribution < 1.29 is 9.90 Å². The van der Waals surface area contributed by atoms with Crippen molar-refractivity contribution in [2.75, 3.05) is 0 Å². The Morgan fingerprint density at radius 3 is 2.61 bits per heavy atom. The molecule has 2 nitrogen and oxygen atoms in total. The number of fused-ring (bicyclic) bond motifs is 5. The van der Waals surface area contributed by atoms with Gasteiger partial charge in [-0.05, 0) is 80.5 Å².